The molecule has 88 valence electrons. The molecule has 0 radical (unpaired) electrons. The smallest absolute Gasteiger partial charge is 0.200 e. The lowest BCUT2D eigenvalue weighted by molar-refractivity contribution is 0.103. The number of carbonyl (C=O) groups is 1. The van der Waals surface area contributed by atoms with Gasteiger partial charge in [0.05, 0.1) is 24.4 Å². The normalized spacial score (nSPS) is 10.3. The largest absolute Gasteiger partial charge is 0.496 e. The first-order chi connectivity index (χ1) is 8.15. The van der Waals surface area contributed by atoms with Crippen LogP contribution in [0, 0.1) is 6.92 Å². The zero-order chi connectivity index (χ0) is 12.4. The van der Waals surface area contributed by atoms with Gasteiger partial charge in [0.2, 0.25) is 0 Å². The summed E-state index contributed by atoms with van der Waals surface area (Å²) in [7, 11) is 3.37. The Hall–Kier alpha value is -2.10. The van der Waals surface area contributed by atoms with Gasteiger partial charge in [0.15, 0.2) is 5.78 Å². The lowest BCUT2D eigenvalue weighted by Gasteiger charge is -2.06. The van der Waals surface area contributed by atoms with Crippen molar-refractivity contribution in [1.29, 1.82) is 0 Å². The van der Waals surface area contributed by atoms with E-state index in [1.165, 1.54) is 0 Å². The summed E-state index contributed by atoms with van der Waals surface area (Å²) in [6.45, 7) is 1.87. The van der Waals surface area contributed by atoms with Crippen molar-refractivity contribution in [3.8, 4) is 5.75 Å². The van der Waals surface area contributed by atoms with E-state index in [1.807, 2.05) is 26.1 Å². The summed E-state index contributed by atoms with van der Waals surface area (Å²) in [6, 6.07) is 7.19. The first kappa shape index (κ1) is 11.4. The first-order valence-electron chi connectivity index (χ1n) is 5.31. The Kier molecular flexibility index (Phi) is 2.95. The molecule has 4 heteroatoms. The van der Waals surface area contributed by atoms with Gasteiger partial charge in [-0.25, -0.2) is 0 Å². The number of carbonyl (C=O) groups excluding carboxylic acids is 1. The minimum atomic E-state index is -0.0620. The molecule has 1 heterocycles. The first-order valence-corrected chi connectivity index (χ1v) is 5.31. The molecular formula is C13H14N2O2. The molecule has 17 heavy (non-hydrogen) atoms. The molecule has 0 fully saturated rings. The van der Waals surface area contributed by atoms with Gasteiger partial charge in [-0.1, -0.05) is 12.1 Å². The molecule has 0 unspecified atom stereocenters. The van der Waals surface area contributed by atoms with Gasteiger partial charge in [0, 0.05) is 12.7 Å². The number of rotatable bonds is 3. The van der Waals surface area contributed by atoms with Crippen LogP contribution in [0.5, 0.6) is 5.75 Å². The minimum Gasteiger partial charge on any atom is -0.496 e. The molecule has 0 saturated carbocycles. The Morgan fingerprint density at radius 2 is 2.00 bits per heavy atom. The van der Waals surface area contributed by atoms with Gasteiger partial charge in [0.1, 0.15) is 5.75 Å². The lowest BCUT2D eigenvalue weighted by atomic mass is 10.0. The van der Waals surface area contributed by atoms with E-state index in [2.05, 4.69) is 5.10 Å². The van der Waals surface area contributed by atoms with E-state index in [0.29, 0.717) is 16.9 Å². The second kappa shape index (κ2) is 4.41. The molecule has 1 aromatic heterocycles. The zero-order valence-corrected chi connectivity index (χ0v) is 10.1. The number of hydrogen-bond acceptors (Lipinski definition) is 3. The third kappa shape index (κ3) is 1.93. The summed E-state index contributed by atoms with van der Waals surface area (Å²) < 4.78 is 6.87. The number of ether oxygens (including phenoxy) is 1. The van der Waals surface area contributed by atoms with Crippen molar-refractivity contribution in [2.75, 3.05) is 7.11 Å². The van der Waals surface area contributed by atoms with E-state index in [1.54, 1.807) is 30.1 Å². The van der Waals surface area contributed by atoms with Crippen molar-refractivity contribution >= 4 is 5.78 Å². The van der Waals surface area contributed by atoms with Gasteiger partial charge in [0.25, 0.3) is 0 Å². The summed E-state index contributed by atoms with van der Waals surface area (Å²) in [4.78, 5) is 12.3. The van der Waals surface area contributed by atoms with Crippen LogP contribution in [0.2, 0.25) is 0 Å². The zero-order valence-electron chi connectivity index (χ0n) is 10.1. The van der Waals surface area contributed by atoms with Crippen LogP contribution in [0.4, 0.5) is 0 Å². The van der Waals surface area contributed by atoms with Crippen molar-refractivity contribution in [2.45, 2.75) is 6.92 Å². The van der Waals surface area contributed by atoms with Crippen LogP contribution in [0.1, 0.15) is 21.6 Å². The topological polar surface area (TPSA) is 44.1 Å². The molecular weight excluding hydrogens is 216 g/mol. The Labute approximate surface area is 99.8 Å². The third-order valence-electron chi connectivity index (χ3n) is 2.83. The van der Waals surface area contributed by atoms with Crippen molar-refractivity contribution in [1.82, 2.24) is 9.78 Å². The Morgan fingerprint density at radius 1 is 1.29 bits per heavy atom. The fraction of sp³-hybridized carbons (Fsp3) is 0.231. The van der Waals surface area contributed by atoms with Crippen LogP contribution in [0.25, 0.3) is 0 Å². The maximum Gasteiger partial charge on any atom is 0.200 e. The van der Waals surface area contributed by atoms with Crippen molar-refractivity contribution < 1.29 is 9.53 Å². The molecule has 0 aliphatic rings. The monoisotopic (exact) mass is 230 g/mol. The Balaban J connectivity index is 2.47. The van der Waals surface area contributed by atoms with Gasteiger partial charge in [-0.2, -0.15) is 5.10 Å². The van der Waals surface area contributed by atoms with Gasteiger partial charge in [-0.15, -0.1) is 0 Å². The number of aromatic nitrogens is 2. The highest BCUT2D eigenvalue weighted by Gasteiger charge is 2.18. The fourth-order valence-corrected chi connectivity index (χ4v) is 1.70. The van der Waals surface area contributed by atoms with E-state index < -0.39 is 0 Å². The quantitative estimate of drug-likeness (QED) is 0.757. The fourth-order valence-electron chi connectivity index (χ4n) is 1.70. The van der Waals surface area contributed by atoms with Gasteiger partial charge in [-0.3, -0.25) is 9.48 Å². The van der Waals surface area contributed by atoms with Crippen LogP contribution < -0.4 is 4.74 Å². The minimum absolute atomic E-state index is 0.0620. The molecule has 0 amide bonds. The molecule has 0 aliphatic carbocycles. The predicted molar refractivity (Wildman–Crippen MR) is 64.4 cm³/mol. The number of aryl methyl sites for hydroxylation is 1. The molecule has 0 spiro atoms. The summed E-state index contributed by atoms with van der Waals surface area (Å²) >= 11 is 0. The van der Waals surface area contributed by atoms with Crippen LogP contribution in [-0.4, -0.2) is 22.7 Å². The Morgan fingerprint density at radius 3 is 2.59 bits per heavy atom. The number of para-hydroxylation sites is 1. The standard InChI is InChI=1S/C13H14N2O2/c1-9-11(8-14-15(9)2)13(16)10-6-4-5-7-12(10)17-3/h4-8H,1-3H3. The molecule has 2 rings (SSSR count). The second-order valence-electron chi connectivity index (χ2n) is 3.80. The van der Waals surface area contributed by atoms with Crippen molar-refractivity contribution in [3.63, 3.8) is 0 Å². The molecule has 1 aromatic carbocycles. The van der Waals surface area contributed by atoms with Crippen molar-refractivity contribution in [2.24, 2.45) is 7.05 Å². The van der Waals surface area contributed by atoms with Crippen LogP contribution >= 0.6 is 0 Å². The summed E-state index contributed by atoms with van der Waals surface area (Å²) in [6.07, 6.45) is 1.59. The third-order valence-corrected chi connectivity index (χ3v) is 2.83. The van der Waals surface area contributed by atoms with Crippen LogP contribution in [-0.2, 0) is 7.05 Å². The summed E-state index contributed by atoms with van der Waals surface area (Å²) in [5, 5.41) is 4.07. The summed E-state index contributed by atoms with van der Waals surface area (Å²) in [5.41, 5.74) is 2.02. The average molecular weight is 230 g/mol. The number of hydrogen-bond donors (Lipinski definition) is 0. The summed E-state index contributed by atoms with van der Waals surface area (Å²) in [5.74, 6) is 0.522. The SMILES string of the molecule is COc1ccccc1C(=O)c1cnn(C)c1C. The molecule has 0 N–H and O–H groups in total. The van der Waals surface area contributed by atoms with Crippen LogP contribution in [0.15, 0.2) is 30.5 Å². The van der Waals surface area contributed by atoms with Crippen LogP contribution in [0.3, 0.4) is 0 Å². The van der Waals surface area contributed by atoms with Gasteiger partial charge in [-0.05, 0) is 19.1 Å². The maximum absolute atomic E-state index is 12.3. The highest BCUT2D eigenvalue weighted by Crippen LogP contribution is 2.22. The average Bonchev–Trinajstić information content (AvgIpc) is 2.69. The van der Waals surface area contributed by atoms with E-state index in [4.69, 9.17) is 4.74 Å². The highest BCUT2D eigenvalue weighted by atomic mass is 16.5. The molecule has 0 bridgehead atoms. The molecule has 2 aromatic rings. The predicted octanol–water partition coefficient (Wildman–Crippen LogP) is 1.97. The highest BCUT2D eigenvalue weighted by molar-refractivity contribution is 6.11. The lowest BCUT2D eigenvalue weighted by Crippen LogP contribution is -2.05. The maximum atomic E-state index is 12.3. The Bertz CT molecular complexity index is 558. The molecule has 0 atom stereocenters. The van der Waals surface area contributed by atoms with E-state index in [9.17, 15) is 4.79 Å². The second-order valence-corrected chi connectivity index (χ2v) is 3.80. The number of methoxy groups -OCH3 is 1. The van der Waals surface area contributed by atoms with Crippen molar-refractivity contribution in [3.05, 3.63) is 47.3 Å². The molecule has 0 aliphatic heterocycles. The van der Waals surface area contributed by atoms with E-state index in [0.717, 1.165) is 5.69 Å². The number of ketones is 1. The van der Waals surface area contributed by atoms with E-state index >= 15 is 0 Å². The molecule has 4 nitrogen and oxygen atoms in total. The molecule has 0 saturated heterocycles. The van der Waals surface area contributed by atoms with Gasteiger partial charge >= 0.3 is 0 Å². The number of nitrogens with zero attached hydrogens (tertiary/aromatic N) is 2. The number of benzene rings is 1. The van der Waals surface area contributed by atoms with Gasteiger partial charge < -0.3 is 4.74 Å². The van der Waals surface area contributed by atoms with E-state index in [-0.39, 0.29) is 5.78 Å².